The van der Waals surface area contributed by atoms with E-state index in [1.807, 2.05) is 19.1 Å². The largest absolute Gasteiger partial charge is 0.516 e. The van der Waals surface area contributed by atoms with Crippen LogP contribution in [0.1, 0.15) is 39.5 Å². The number of benzene rings is 2. The number of nitrogens with one attached hydrogen (secondary N) is 1. The minimum absolute atomic E-state index is 0.129. The molecule has 1 atom stereocenters. The van der Waals surface area contributed by atoms with Gasteiger partial charge >= 0.3 is 15.5 Å². The van der Waals surface area contributed by atoms with E-state index in [2.05, 4.69) is 11.4 Å². The molecule has 1 amide bonds. The molecule has 28 heavy (non-hydrogen) atoms. The Balaban J connectivity index is 1.73. The van der Waals surface area contributed by atoms with Gasteiger partial charge in [0.05, 0.1) is 11.7 Å². The van der Waals surface area contributed by atoms with Crippen LogP contribution in [0.2, 0.25) is 0 Å². The van der Waals surface area contributed by atoms with Crippen LogP contribution in [0.25, 0.3) is 0 Å². The summed E-state index contributed by atoms with van der Waals surface area (Å²) < 4.78 is 61.0. The maximum absolute atomic E-state index is 12.7. The smallest absolute Gasteiger partial charge is 0.345 e. The summed E-state index contributed by atoms with van der Waals surface area (Å²) in [5, 5.41) is 2.92. The number of alkyl halides is 3. The molecule has 150 valence electrons. The third kappa shape index (κ3) is 3.71. The molecule has 0 saturated carbocycles. The summed E-state index contributed by atoms with van der Waals surface area (Å²) in [6.07, 6.45) is 1.64. The Labute approximate surface area is 161 Å². The zero-order valence-electron chi connectivity index (χ0n) is 15.2. The molecule has 0 fully saturated rings. The molecule has 5 nitrogen and oxygen atoms in total. The van der Waals surface area contributed by atoms with Crippen molar-refractivity contribution in [3.05, 3.63) is 64.7 Å². The van der Waals surface area contributed by atoms with E-state index in [0.717, 1.165) is 31.0 Å². The second-order valence-corrected chi connectivity index (χ2v) is 8.69. The van der Waals surface area contributed by atoms with E-state index in [9.17, 15) is 26.4 Å². The molecule has 0 heterocycles. The summed E-state index contributed by atoms with van der Waals surface area (Å²) in [6.45, 7) is 2.00. The van der Waals surface area contributed by atoms with Crippen LogP contribution < -0.4 is 9.62 Å². The number of anilines is 1. The maximum atomic E-state index is 12.7. The van der Waals surface area contributed by atoms with Crippen molar-refractivity contribution in [3.8, 4) is 0 Å². The van der Waals surface area contributed by atoms with Crippen LogP contribution in [0.5, 0.6) is 0 Å². The lowest BCUT2D eigenvalue weighted by Gasteiger charge is -2.21. The number of sulfonamides is 1. The Morgan fingerprint density at radius 1 is 1.14 bits per heavy atom. The second kappa shape index (κ2) is 7.12. The van der Waals surface area contributed by atoms with E-state index in [4.69, 9.17) is 0 Å². The highest BCUT2D eigenvalue weighted by atomic mass is 32.2. The fourth-order valence-corrected chi connectivity index (χ4v) is 3.96. The van der Waals surface area contributed by atoms with Crippen LogP contribution in [0, 0.1) is 6.92 Å². The highest BCUT2D eigenvalue weighted by molar-refractivity contribution is 7.93. The number of fused-ring (bicyclic) bond motifs is 1. The quantitative estimate of drug-likeness (QED) is 0.833. The Morgan fingerprint density at radius 2 is 1.79 bits per heavy atom. The van der Waals surface area contributed by atoms with Crippen molar-refractivity contribution < 1.29 is 26.4 Å². The van der Waals surface area contributed by atoms with Gasteiger partial charge in [0.25, 0.3) is 5.91 Å². The Hall–Kier alpha value is -2.55. The van der Waals surface area contributed by atoms with Crippen LogP contribution in [0.4, 0.5) is 18.9 Å². The Bertz CT molecular complexity index is 1000. The summed E-state index contributed by atoms with van der Waals surface area (Å²) in [6, 6.07) is 10.9. The fourth-order valence-electron chi connectivity index (χ4n) is 3.25. The SMILES string of the molecule is Cc1ccc2c(c1)CC[C@H]2NC(=O)c1ccc(N(C)S(=O)(=O)C(F)(F)F)cc1. The molecule has 0 bridgehead atoms. The standard InChI is InChI=1S/C19H19F3N2O3S/c1-12-3-9-16-14(11-12)6-10-17(16)23-18(25)13-4-7-15(8-5-13)24(2)28(26,27)19(20,21)22/h3-5,7-9,11,17H,6,10H2,1-2H3,(H,23,25)/t17-/m1/s1. The first kappa shape index (κ1) is 20.2. The average Bonchev–Trinajstić information content (AvgIpc) is 3.02. The van der Waals surface area contributed by atoms with Gasteiger partial charge in [-0.15, -0.1) is 0 Å². The first-order valence-electron chi connectivity index (χ1n) is 8.56. The third-order valence-corrected chi connectivity index (χ3v) is 6.34. The van der Waals surface area contributed by atoms with E-state index in [0.29, 0.717) is 0 Å². The Kier molecular flexibility index (Phi) is 5.14. The van der Waals surface area contributed by atoms with Crippen LogP contribution in [0.3, 0.4) is 0 Å². The minimum Gasteiger partial charge on any atom is -0.345 e. The van der Waals surface area contributed by atoms with Crippen molar-refractivity contribution in [1.82, 2.24) is 5.32 Å². The van der Waals surface area contributed by atoms with E-state index >= 15 is 0 Å². The molecule has 1 aliphatic rings. The number of hydrogen-bond acceptors (Lipinski definition) is 3. The molecule has 0 saturated heterocycles. The van der Waals surface area contributed by atoms with Crippen LogP contribution in [0.15, 0.2) is 42.5 Å². The van der Waals surface area contributed by atoms with E-state index in [-0.39, 0.29) is 27.5 Å². The van der Waals surface area contributed by atoms with Crippen molar-refractivity contribution >= 4 is 21.6 Å². The summed E-state index contributed by atoms with van der Waals surface area (Å²) in [5.41, 5.74) is -1.94. The van der Waals surface area contributed by atoms with Crippen LogP contribution in [-0.2, 0) is 16.4 Å². The number of aryl methyl sites for hydroxylation is 2. The van der Waals surface area contributed by atoms with Crippen molar-refractivity contribution in [2.75, 3.05) is 11.4 Å². The van der Waals surface area contributed by atoms with Gasteiger partial charge in [-0.1, -0.05) is 23.8 Å². The molecule has 0 unspecified atom stereocenters. The van der Waals surface area contributed by atoms with Gasteiger partial charge in [0.2, 0.25) is 0 Å². The molecule has 1 aliphatic carbocycles. The van der Waals surface area contributed by atoms with E-state index < -0.39 is 15.5 Å². The number of amides is 1. The number of rotatable bonds is 4. The van der Waals surface area contributed by atoms with Gasteiger partial charge in [0.15, 0.2) is 0 Å². The van der Waals surface area contributed by atoms with Gasteiger partial charge in [-0.3, -0.25) is 9.10 Å². The van der Waals surface area contributed by atoms with Crippen LogP contribution in [-0.4, -0.2) is 26.9 Å². The Morgan fingerprint density at radius 3 is 2.39 bits per heavy atom. The molecule has 2 aromatic carbocycles. The summed E-state index contributed by atoms with van der Waals surface area (Å²) in [5.74, 6) is -0.369. The molecule has 0 radical (unpaired) electrons. The normalized spacial score (nSPS) is 16.5. The van der Waals surface area contributed by atoms with Gasteiger partial charge < -0.3 is 5.32 Å². The lowest BCUT2D eigenvalue weighted by Crippen LogP contribution is -2.38. The fraction of sp³-hybridized carbons (Fsp3) is 0.316. The third-order valence-electron chi connectivity index (χ3n) is 4.83. The summed E-state index contributed by atoms with van der Waals surface area (Å²) in [4.78, 5) is 12.5. The molecule has 0 aromatic heterocycles. The average molecular weight is 412 g/mol. The molecule has 1 N–H and O–H groups in total. The molecule has 2 aromatic rings. The number of carbonyl (C=O) groups is 1. The van der Waals surface area contributed by atoms with Gasteiger partial charge in [0.1, 0.15) is 0 Å². The van der Waals surface area contributed by atoms with Gasteiger partial charge in [0, 0.05) is 12.6 Å². The first-order valence-corrected chi connectivity index (χ1v) is 10.0. The van der Waals surface area contributed by atoms with Gasteiger partial charge in [-0.25, -0.2) is 0 Å². The zero-order chi connectivity index (χ0) is 20.7. The molecule has 3 rings (SSSR count). The number of carbonyl (C=O) groups excluding carboxylic acids is 1. The monoisotopic (exact) mass is 412 g/mol. The topological polar surface area (TPSA) is 66.5 Å². The van der Waals surface area contributed by atoms with E-state index in [1.165, 1.54) is 29.8 Å². The predicted molar refractivity (Wildman–Crippen MR) is 99.5 cm³/mol. The molecule has 9 heteroatoms. The molecule has 0 aliphatic heterocycles. The summed E-state index contributed by atoms with van der Waals surface area (Å²) >= 11 is 0. The van der Waals surface area contributed by atoms with Crippen molar-refractivity contribution in [1.29, 1.82) is 0 Å². The van der Waals surface area contributed by atoms with Crippen molar-refractivity contribution in [2.24, 2.45) is 0 Å². The van der Waals surface area contributed by atoms with Crippen LogP contribution >= 0.6 is 0 Å². The number of hydrogen-bond donors (Lipinski definition) is 1. The van der Waals surface area contributed by atoms with Gasteiger partial charge in [-0.05, 0) is 55.2 Å². The minimum atomic E-state index is -5.49. The molecular formula is C19H19F3N2O3S. The lowest BCUT2D eigenvalue weighted by molar-refractivity contribution is -0.0437. The predicted octanol–water partition coefficient (Wildman–Crippen LogP) is 3.70. The maximum Gasteiger partial charge on any atom is 0.516 e. The lowest BCUT2D eigenvalue weighted by atomic mass is 10.1. The zero-order valence-corrected chi connectivity index (χ0v) is 16.1. The molecule has 0 spiro atoms. The number of halogens is 3. The highest BCUT2D eigenvalue weighted by Gasteiger charge is 2.49. The second-order valence-electron chi connectivity index (χ2n) is 6.73. The first-order chi connectivity index (χ1) is 13.0. The number of nitrogens with zero attached hydrogens (tertiary/aromatic N) is 1. The van der Waals surface area contributed by atoms with Gasteiger partial charge in [-0.2, -0.15) is 21.6 Å². The highest BCUT2D eigenvalue weighted by Crippen LogP contribution is 2.32. The van der Waals surface area contributed by atoms with Crippen molar-refractivity contribution in [2.45, 2.75) is 31.3 Å². The summed E-state index contributed by atoms with van der Waals surface area (Å²) in [7, 11) is -4.67. The van der Waals surface area contributed by atoms with Crippen molar-refractivity contribution in [3.63, 3.8) is 0 Å². The van der Waals surface area contributed by atoms with E-state index in [1.54, 1.807) is 0 Å². The molecular weight excluding hydrogens is 393 g/mol.